The zero-order chi connectivity index (χ0) is 16.7. The first-order chi connectivity index (χ1) is 11.2. The zero-order valence-corrected chi connectivity index (χ0v) is 13.2. The third-order valence-electron chi connectivity index (χ3n) is 2.93. The highest BCUT2D eigenvalue weighted by Gasteiger charge is 2.03. The standard InChI is InChI=1S/C17H14ClN3O2/c1-22-11-23-15-5-4-13(14(7-15)8-19)3-2-12-6-16(18)17(9-20)21-10-12/h4-7,10H,8,11,19H2,1H3. The number of nitriles is 1. The molecule has 0 atom stereocenters. The molecule has 0 spiro atoms. The van der Waals surface area contributed by atoms with Crippen molar-refractivity contribution in [3.05, 3.63) is 57.9 Å². The fraction of sp³-hybridized carbons (Fsp3) is 0.176. The van der Waals surface area contributed by atoms with Crippen LogP contribution < -0.4 is 10.5 Å². The Labute approximate surface area is 139 Å². The van der Waals surface area contributed by atoms with Crippen molar-refractivity contribution >= 4 is 11.6 Å². The van der Waals surface area contributed by atoms with E-state index < -0.39 is 0 Å². The van der Waals surface area contributed by atoms with E-state index in [1.807, 2.05) is 18.2 Å². The van der Waals surface area contributed by atoms with Crippen LogP contribution in [0.2, 0.25) is 5.02 Å². The highest BCUT2D eigenvalue weighted by molar-refractivity contribution is 6.31. The monoisotopic (exact) mass is 327 g/mol. The van der Waals surface area contributed by atoms with Gasteiger partial charge >= 0.3 is 0 Å². The highest BCUT2D eigenvalue weighted by Crippen LogP contribution is 2.18. The molecule has 0 aliphatic rings. The van der Waals surface area contributed by atoms with E-state index in [4.69, 9.17) is 32.1 Å². The molecule has 5 nitrogen and oxygen atoms in total. The summed E-state index contributed by atoms with van der Waals surface area (Å²) in [6, 6.07) is 8.97. The van der Waals surface area contributed by atoms with Crippen LogP contribution in [-0.4, -0.2) is 18.9 Å². The van der Waals surface area contributed by atoms with Gasteiger partial charge in [0, 0.05) is 31.0 Å². The second-order valence-electron chi connectivity index (χ2n) is 4.49. The first-order valence-corrected chi connectivity index (χ1v) is 7.08. The largest absolute Gasteiger partial charge is 0.468 e. The second-order valence-corrected chi connectivity index (χ2v) is 4.90. The van der Waals surface area contributed by atoms with E-state index in [2.05, 4.69) is 16.8 Å². The molecule has 1 aromatic heterocycles. The normalized spacial score (nSPS) is 9.65. The Hall–Kier alpha value is -2.57. The van der Waals surface area contributed by atoms with Crippen LogP contribution in [0.1, 0.15) is 22.4 Å². The molecule has 23 heavy (non-hydrogen) atoms. The number of ether oxygens (including phenoxy) is 2. The van der Waals surface area contributed by atoms with Gasteiger partial charge < -0.3 is 15.2 Å². The summed E-state index contributed by atoms with van der Waals surface area (Å²) in [4.78, 5) is 3.95. The summed E-state index contributed by atoms with van der Waals surface area (Å²) < 4.78 is 10.2. The smallest absolute Gasteiger partial charge is 0.188 e. The highest BCUT2D eigenvalue weighted by atomic mass is 35.5. The summed E-state index contributed by atoms with van der Waals surface area (Å²) in [5.74, 6) is 6.66. The molecule has 0 saturated carbocycles. The molecule has 2 aromatic rings. The average molecular weight is 328 g/mol. The minimum atomic E-state index is 0.171. The molecule has 0 aliphatic heterocycles. The molecule has 116 valence electrons. The molecule has 0 saturated heterocycles. The summed E-state index contributed by atoms with van der Waals surface area (Å²) in [5.41, 5.74) is 8.21. The van der Waals surface area contributed by atoms with Crippen molar-refractivity contribution < 1.29 is 9.47 Å². The van der Waals surface area contributed by atoms with Crippen LogP contribution in [0.5, 0.6) is 5.75 Å². The molecule has 2 N–H and O–H groups in total. The van der Waals surface area contributed by atoms with Crippen LogP contribution >= 0.6 is 11.6 Å². The number of nitrogens with two attached hydrogens (primary N) is 1. The SMILES string of the molecule is COCOc1ccc(C#Cc2cnc(C#N)c(Cl)c2)c(CN)c1. The van der Waals surface area contributed by atoms with E-state index in [1.54, 1.807) is 19.2 Å². The van der Waals surface area contributed by atoms with Crippen molar-refractivity contribution in [1.82, 2.24) is 4.98 Å². The Morgan fingerprint density at radius 2 is 2.13 bits per heavy atom. The third-order valence-corrected chi connectivity index (χ3v) is 3.22. The van der Waals surface area contributed by atoms with Gasteiger partial charge in [0.25, 0.3) is 0 Å². The average Bonchev–Trinajstić information content (AvgIpc) is 2.58. The van der Waals surface area contributed by atoms with Crippen molar-refractivity contribution in [3.8, 4) is 23.7 Å². The van der Waals surface area contributed by atoms with Crippen molar-refractivity contribution in [2.24, 2.45) is 5.73 Å². The lowest BCUT2D eigenvalue weighted by Gasteiger charge is -2.07. The number of aromatic nitrogens is 1. The lowest BCUT2D eigenvalue weighted by atomic mass is 10.1. The van der Waals surface area contributed by atoms with Crippen LogP contribution in [0.3, 0.4) is 0 Å². The first-order valence-electron chi connectivity index (χ1n) is 6.70. The summed E-state index contributed by atoms with van der Waals surface area (Å²) >= 11 is 5.94. The van der Waals surface area contributed by atoms with E-state index in [0.717, 1.165) is 11.1 Å². The zero-order valence-electron chi connectivity index (χ0n) is 12.5. The third kappa shape index (κ3) is 4.45. The summed E-state index contributed by atoms with van der Waals surface area (Å²) in [5, 5.41) is 9.08. The minimum absolute atomic E-state index is 0.171. The number of methoxy groups -OCH3 is 1. The quantitative estimate of drug-likeness (QED) is 0.689. The van der Waals surface area contributed by atoms with Crippen LogP contribution in [0, 0.1) is 23.2 Å². The van der Waals surface area contributed by atoms with Gasteiger partial charge in [0.1, 0.15) is 11.8 Å². The summed E-state index contributed by atoms with van der Waals surface area (Å²) in [6.45, 7) is 0.505. The Morgan fingerprint density at radius 3 is 2.78 bits per heavy atom. The second kappa shape index (κ2) is 8.17. The number of hydrogen-bond donors (Lipinski definition) is 1. The molecule has 0 aliphatic carbocycles. The van der Waals surface area contributed by atoms with Gasteiger partial charge in [-0.15, -0.1) is 0 Å². The molecule has 0 unspecified atom stereocenters. The maximum atomic E-state index is 8.81. The number of halogens is 1. The molecular weight excluding hydrogens is 314 g/mol. The van der Waals surface area contributed by atoms with Gasteiger partial charge in [0.15, 0.2) is 12.5 Å². The fourth-order valence-electron chi connectivity index (χ4n) is 1.81. The molecule has 1 heterocycles. The number of rotatable bonds is 4. The number of benzene rings is 1. The Morgan fingerprint density at radius 1 is 1.30 bits per heavy atom. The number of pyridine rings is 1. The Balaban J connectivity index is 2.27. The van der Waals surface area contributed by atoms with Crippen LogP contribution in [0.25, 0.3) is 0 Å². The maximum Gasteiger partial charge on any atom is 0.188 e. The predicted octanol–water partition coefficient (Wildman–Crippen LogP) is 2.45. The van der Waals surface area contributed by atoms with Crippen LogP contribution in [-0.2, 0) is 11.3 Å². The molecule has 6 heteroatoms. The molecule has 0 bridgehead atoms. The molecule has 2 rings (SSSR count). The number of hydrogen-bond acceptors (Lipinski definition) is 5. The fourth-order valence-corrected chi connectivity index (χ4v) is 2.01. The molecule has 0 amide bonds. The van der Waals surface area contributed by atoms with Crippen molar-refractivity contribution in [2.75, 3.05) is 13.9 Å². The van der Waals surface area contributed by atoms with Crippen molar-refractivity contribution in [3.63, 3.8) is 0 Å². The summed E-state index contributed by atoms with van der Waals surface area (Å²) in [7, 11) is 1.56. The molecule has 0 radical (unpaired) electrons. The van der Waals surface area contributed by atoms with Gasteiger partial charge in [0.2, 0.25) is 0 Å². The van der Waals surface area contributed by atoms with Gasteiger partial charge in [0.05, 0.1) is 5.02 Å². The van der Waals surface area contributed by atoms with Crippen molar-refractivity contribution in [2.45, 2.75) is 6.54 Å². The van der Waals surface area contributed by atoms with Gasteiger partial charge in [-0.25, -0.2) is 4.98 Å². The van der Waals surface area contributed by atoms with Gasteiger partial charge in [-0.3, -0.25) is 0 Å². The molecule has 1 aromatic carbocycles. The Bertz CT molecular complexity index is 804. The Kier molecular flexibility index (Phi) is 5.96. The maximum absolute atomic E-state index is 8.81. The van der Waals surface area contributed by atoms with Gasteiger partial charge in [-0.2, -0.15) is 5.26 Å². The lowest BCUT2D eigenvalue weighted by molar-refractivity contribution is 0.0511. The molecular formula is C17H14ClN3O2. The van der Waals surface area contributed by atoms with Gasteiger partial charge in [-0.1, -0.05) is 23.4 Å². The topological polar surface area (TPSA) is 81.2 Å². The van der Waals surface area contributed by atoms with E-state index in [0.29, 0.717) is 17.9 Å². The minimum Gasteiger partial charge on any atom is -0.468 e. The first kappa shape index (κ1) is 16.8. The van der Waals surface area contributed by atoms with E-state index in [9.17, 15) is 0 Å². The van der Waals surface area contributed by atoms with Crippen molar-refractivity contribution in [1.29, 1.82) is 5.26 Å². The van der Waals surface area contributed by atoms with Crippen LogP contribution in [0.4, 0.5) is 0 Å². The van der Waals surface area contributed by atoms with E-state index >= 15 is 0 Å². The predicted molar refractivity (Wildman–Crippen MR) is 86.8 cm³/mol. The van der Waals surface area contributed by atoms with Gasteiger partial charge in [-0.05, 0) is 29.8 Å². The van der Waals surface area contributed by atoms with E-state index in [-0.39, 0.29) is 17.5 Å². The molecule has 0 fully saturated rings. The lowest BCUT2D eigenvalue weighted by Crippen LogP contribution is -2.03. The summed E-state index contributed by atoms with van der Waals surface area (Å²) in [6.07, 6.45) is 1.51. The van der Waals surface area contributed by atoms with Crippen LogP contribution in [0.15, 0.2) is 30.5 Å². The number of nitrogens with zero attached hydrogens (tertiary/aromatic N) is 2. The van der Waals surface area contributed by atoms with E-state index in [1.165, 1.54) is 6.20 Å².